The Hall–Kier alpha value is -1.66. The fourth-order valence-electron chi connectivity index (χ4n) is 1.92. The Morgan fingerprint density at radius 2 is 2.28 bits per heavy atom. The first kappa shape index (κ1) is 12.8. The van der Waals surface area contributed by atoms with Crippen LogP contribution in [-0.4, -0.2) is 53.9 Å². The highest BCUT2D eigenvalue weighted by atomic mass is 16.2. The van der Waals surface area contributed by atoms with Crippen LogP contribution in [-0.2, 0) is 4.79 Å². The van der Waals surface area contributed by atoms with Gasteiger partial charge in [0.15, 0.2) is 0 Å². The van der Waals surface area contributed by atoms with Crippen LogP contribution < -0.4 is 10.6 Å². The van der Waals surface area contributed by atoms with Crippen molar-refractivity contribution in [1.82, 2.24) is 20.5 Å². The Labute approximate surface area is 106 Å². The van der Waals surface area contributed by atoms with Crippen LogP contribution >= 0.6 is 0 Å². The molecule has 0 spiro atoms. The molecule has 0 aromatic carbocycles. The average molecular weight is 250 g/mol. The van der Waals surface area contributed by atoms with E-state index in [2.05, 4.69) is 20.5 Å². The summed E-state index contributed by atoms with van der Waals surface area (Å²) in [6, 6.07) is 3.76. The number of carbonyl (C=O) groups is 2. The number of hydrogen-bond acceptors (Lipinski definition) is 4. The second-order valence-electron chi connectivity index (χ2n) is 4.34. The normalized spacial score (nSPS) is 15.4. The van der Waals surface area contributed by atoms with Crippen molar-refractivity contribution in [3.63, 3.8) is 0 Å². The minimum absolute atomic E-state index is 0.259. The van der Waals surface area contributed by atoms with E-state index in [9.17, 15) is 9.59 Å². The van der Waals surface area contributed by atoms with Gasteiger partial charge in [-0.25, -0.2) is 0 Å². The van der Waals surface area contributed by atoms with Crippen LogP contribution in [0.1, 0.15) is 17.4 Å². The van der Waals surface area contributed by atoms with Crippen LogP contribution in [0.25, 0.3) is 0 Å². The van der Waals surface area contributed by atoms with E-state index in [1.807, 2.05) is 6.92 Å². The molecule has 2 rings (SSSR count). The van der Waals surface area contributed by atoms with Gasteiger partial charge in [0.1, 0.15) is 5.69 Å². The summed E-state index contributed by atoms with van der Waals surface area (Å²) in [5.74, 6) is -0.642. The van der Waals surface area contributed by atoms with Gasteiger partial charge in [-0.2, -0.15) is 0 Å². The van der Waals surface area contributed by atoms with Crippen LogP contribution in [0.2, 0.25) is 0 Å². The number of nitrogens with one attached hydrogen (secondary N) is 3. The van der Waals surface area contributed by atoms with E-state index in [0.717, 1.165) is 19.6 Å². The number of H-pyrrole nitrogens is 1. The first-order chi connectivity index (χ1) is 8.70. The molecule has 0 bridgehead atoms. The first-order valence-electron chi connectivity index (χ1n) is 6.13. The van der Waals surface area contributed by atoms with Gasteiger partial charge in [0.2, 0.25) is 5.91 Å². The minimum atomic E-state index is -0.382. The molecule has 2 amide bonds. The number of aromatic amines is 1. The number of nitrogens with zero attached hydrogens (tertiary/aromatic N) is 1. The Balaban J connectivity index is 1.82. The second kappa shape index (κ2) is 5.79. The van der Waals surface area contributed by atoms with Crippen molar-refractivity contribution in [1.29, 1.82) is 0 Å². The van der Waals surface area contributed by atoms with Crippen molar-refractivity contribution in [3.05, 3.63) is 24.0 Å². The molecule has 0 saturated carbocycles. The molecule has 1 aromatic rings. The summed E-state index contributed by atoms with van der Waals surface area (Å²) < 4.78 is 0. The SMILES string of the molecule is CCN(CC(=O)NC(=O)c1ccc[nH]1)C1CNC1. The van der Waals surface area contributed by atoms with Crippen LogP contribution in [0.3, 0.4) is 0 Å². The number of amides is 2. The molecule has 3 N–H and O–H groups in total. The molecular formula is C12H18N4O2. The lowest BCUT2D eigenvalue weighted by Gasteiger charge is -2.37. The molecule has 1 saturated heterocycles. The quantitative estimate of drug-likeness (QED) is 0.662. The summed E-state index contributed by atoms with van der Waals surface area (Å²) in [5.41, 5.74) is 0.400. The van der Waals surface area contributed by atoms with Crippen molar-refractivity contribution in [2.45, 2.75) is 13.0 Å². The van der Waals surface area contributed by atoms with E-state index >= 15 is 0 Å². The fraction of sp³-hybridized carbons (Fsp3) is 0.500. The molecule has 1 aliphatic rings. The number of rotatable bonds is 5. The van der Waals surface area contributed by atoms with E-state index < -0.39 is 0 Å². The van der Waals surface area contributed by atoms with Crippen molar-refractivity contribution < 1.29 is 9.59 Å². The molecule has 1 aromatic heterocycles. The van der Waals surface area contributed by atoms with Crippen LogP contribution in [0.4, 0.5) is 0 Å². The molecule has 18 heavy (non-hydrogen) atoms. The van der Waals surface area contributed by atoms with Crippen LogP contribution in [0, 0.1) is 0 Å². The Kier molecular flexibility index (Phi) is 4.11. The number of likely N-dealkylation sites (N-methyl/N-ethyl adjacent to an activating group) is 1. The third-order valence-electron chi connectivity index (χ3n) is 3.12. The molecule has 0 radical (unpaired) electrons. The molecule has 0 atom stereocenters. The average Bonchev–Trinajstić information content (AvgIpc) is 2.78. The predicted molar refractivity (Wildman–Crippen MR) is 67.2 cm³/mol. The maximum absolute atomic E-state index is 11.8. The largest absolute Gasteiger partial charge is 0.357 e. The number of imide groups is 1. The van der Waals surface area contributed by atoms with Crippen molar-refractivity contribution in [3.8, 4) is 0 Å². The van der Waals surface area contributed by atoms with Gasteiger partial charge < -0.3 is 10.3 Å². The highest BCUT2D eigenvalue weighted by Gasteiger charge is 2.25. The van der Waals surface area contributed by atoms with Crippen molar-refractivity contribution >= 4 is 11.8 Å². The van der Waals surface area contributed by atoms with Gasteiger partial charge in [0.25, 0.3) is 5.91 Å². The summed E-state index contributed by atoms with van der Waals surface area (Å²) >= 11 is 0. The lowest BCUT2D eigenvalue weighted by atomic mass is 10.1. The highest BCUT2D eigenvalue weighted by molar-refractivity contribution is 6.04. The monoisotopic (exact) mass is 250 g/mol. The fourth-order valence-corrected chi connectivity index (χ4v) is 1.92. The van der Waals surface area contributed by atoms with E-state index in [1.165, 1.54) is 0 Å². The summed E-state index contributed by atoms with van der Waals surface area (Å²) in [5, 5.41) is 5.55. The van der Waals surface area contributed by atoms with Gasteiger partial charge in [0.05, 0.1) is 6.54 Å². The van der Waals surface area contributed by atoms with E-state index in [1.54, 1.807) is 18.3 Å². The Morgan fingerprint density at radius 1 is 1.50 bits per heavy atom. The van der Waals surface area contributed by atoms with Gasteiger partial charge in [-0.3, -0.25) is 19.8 Å². The molecule has 1 aliphatic heterocycles. The van der Waals surface area contributed by atoms with Crippen molar-refractivity contribution in [2.24, 2.45) is 0 Å². The summed E-state index contributed by atoms with van der Waals surface area (Å²) in [6.07, 6.45) is 1.65. The van der Waals surface area contributed by atoms with Gasteiger partial charge >= 0.3 is 0 Å². The summed E-state index contributed by atoms with van der Waals surface area (Å²) in [6.45, 7) is 4.89. The molecule has 0 unspecified atom stereocenters. The van der Waals surface area contributed by atoms with E-state index in [0.29, 0.717) is 11.7 Å². The topological polar surface area (TPSA) is 77.2 Å². The lowest BCUT2D eigenvalue weighted by molar-refractivity contribution is -0.122. The predicted octanol–water partition coefficient (Wildman–Crippen LogP) is -0.435. The third-order valence-corrected chi connectivity index (χ3v) is 3.12. The molecule has 2 heterocycles. The van der Waals surface area contributed by atoms with Crippen molar-refractivity contribution in [2.75, 3.05) is 26.2 Å². The third kappa shape index (κ3) is 2.96. The van der Waals surface area contributed by atoms with Gasteiger partial charge in [-0.05, 0) is 18.7 Å². The zero-order valence-electron chi connectivity index (χ0n) is 10.4. The second-order valence-corrected chi connectivity index (χ2v) is 4.34. The Morgan fingerprint density at radius 3 is 2.78 bits per heavy atom. The molecule has 6 nitrogen and oxygen atoms in total. The Bertz CT molecular complexity index is 412. The minimum Gasteiger partial charge on any atom is -0.357 e. The standard InChI is InChI=1S/C12H18N4O2/c1-2-16(9-6-13-7-9)8-11(17)15-12(18)10-4-3-5-14-10/h3-5,9,13-14H,2,6-8H2,1H3,(H,15,17,18). The van der Waals surface area contributed by atoms with Gasteiger partial charge in [-0.1, -0.05) is 6.92 Å². The zero-order chi connectivity index (χ0) is 13.0. The molecule has 98 valence electrons. The van der Waals surface area contributed by atoms with Gasteiger partial charge in [0, 0.05) is 25.3 Å². The maximum atomic E-state index is 11.8. The highest BCUT2D eigenvalue weighted by Crippen LogP contribution is 2.03. The number of hydrogen-bond donors (Lipinski definition) is 3. The molecular weight excluding hydrogens is 232 g/mol. The lowest BCUT2D eigenvalue weighted by Crippen LogP contribution is -2.59. The molecule has 6 heteroatoms. The zero-order valence-corrected chi connectivity index (χ0v) is 10.4. The molecule has 0 aliphatic carbocycles. The summed E-state index contributed by atoms with van der Waals surface area (Å²) in [4.78, 5) is 28.2. The molecule has 1 fully saturated rings. The number of aromatic nitrogens is 1. The van der Waals surface area contributed by atoms with Crippen LogP contribution in [0.5, 0.6) is 0 Å². The first-order valence-corrected chi connectivity index (χ1v) is 6.13. The summed E-state index contributed by atoms with van der Waals surface area (Å²) in [7, 11) is 0. The van der Waals surface area contributed by atoms with Crippen LogP contribution in [0.15, 0.2) is 18.3 Å². The van der Waals surface area contributed by atoms with Gasteiger partial charge in [-0.15, -0.1) is 0 Å². The number of carbonyl (C=O) groups excluding carboxylic acids is 2. The smallest absolute Gasteiger partial charge is 0.274 e. The van der Waals surface area contributed by atoms with E-state index in [-0.39, 0.29) is 18.4 Å². The van der Waals surface area contributed by atoms with E-state index in [4.69, 9.17) is 0 Å². The maximum Gasteiger partial charge on any atom is 0.274 e.